The molecule has 5 rings (SSSR count). The normalized spacial score (nSPS) is 18.7. The molecule has 1 unspecified atom stereocenters. The lowest BCUT2D eigenvalue weighted by atomic mass is 9.97. The first-order chi connectivity index (χ1) is 17.3. The molecule has 1 aromatic heterocycles. The second kappa shape index (κ2) is 9.23. The highest BCUT2D eigenvalue weighted by Crippen LogP contribution is 2.46. The molecular weight excluding hydrogens is 480 g/mol. The quantitative estimate of drug-likeness (QED) is 0.309. The van der Waals surface area contributed by atoms with Gasteiger partial charge in [-0.2, -0.15) is 0 Å². The van der Waals surface area contributed by atoms with Gasteiger partial charge in [0.15, 0.2) is 11.5 Å². The van der Waals surface area contributed by atoms with Gasteiger partial charge in [-0.25, -0.2) is 0 Å². The van der Waals surface area contributed by atoms with Crippen LogP contribution in [0.3, 0.4) is 0 Å². The van der Waals surface area contributed by atoms with Crippen molar-refractivity contribution in [2.24, 2.45) is 0 Å². The average molecular weight is 507 g/mol. The van der Waals surface area contributed by atoms with Crippen LogP contribution in [0, 0.1) is 6.92 Å². The number of hydrogen-bond acceptors (Lipinski definition) is 8. The summed E-state index contributed by atoms with van der Waals surface area (Å²) in [6, 6.07) is 11.4. The number of ether oxygens (including phenoxy) is 3. The number of amides is 1. The Bertz CT molecular complexity index is 1390. The summed E-state index contributed by atoms with van der Waals surface area (Å²) in [6.45, 7) is 3.20. The SMILES string of the molecule is COc1ccc(N2C(=O)C(=O)/C(=C(\O)c3ccc4c(c3)N(C)CCO4)C2c2sccc2C)cc1OC. The Kier molecular flexibility index (Phi) is 6.09. The van der Waals surface area contributed by atoms with Gasteiger partial charge in [-0.3, -0.25) is 14.5 Å². The minimum Gasteiger partial charge on any atom is -0.507 e. The standard InChI is InChI=1S/C27H26N2O6S/c1-15-9-12-36-26(15)23-22(24(30)16-5-7-19-18(13-16)28(2)10-11-35-19)25(31)27(32)29(23)17-6-8-20(33-3)21(14-17)34-4/h5-9,12-14,23,30H,10-11H2,1-4H3/b24-22-. The van der Waals surface area contributed by atoms with Crippen LogP contribution in [-0.4, -0.2) is 51.2 Å². The van der Waals surface area contributed by atoms with Gasteiger partial charge in [0.2, 0.25) is 0 Å². The second-order valence-electron chi connectivity index (χ2n) is 8.63. The van der Waals surface area contributed by atoms with Crippen molar-refractivity contribution in [2.75, 3.05) is 44.2 Å². The predicted molar refractivity (Wildman–Crippen MR) is 139 cm³/mol. The first-order valence-electron chi connectivity index (χ1n) is 11.4. The summed E-state index contributed by atoms with van der Waals surface area (Å²) in [6.07, 6.45) is 0. The summed E-state index contributed by atoms with van der Waals surface area (Å²) in [5.41, 5.74) is 2.67. The molecule has 1 amide bonds. The summed E-state index contributed by atoms with van der Waals surface area (Å²) < 4.78 is 16.5. The third kappa shape index (κ3) is 3.76. The van der Waals surface area contributed by atoms with Crippen molar-refractivity contribution in [3.05, 3.63) is 69.4 Å². The van der Waals surface area contributed by atoms with Crippen LogP contribution in [0.4, 0.5) is 11.4 Å². The maximum atomic E-state index is 13.5. The van der Waals surface area contributed by atoms with Gasteiger partial charge in [0, 0.05) is 29.2 Å². The molecule has 1 N–H and O–H groups in total. The number of hydrogen-bond donors (Lipinski definition) is 1. The van der Waals surface area contributed by atoms with Crippen LogP contribution in [0.15, 0.2) is 53.4 Å². The molecule has 0 aliphatic carbocycles. The van der Waals surface area contributed by atoms with E-state index in [-0.39, 0.29) is 11.3 Å². The van der Waals surface area contributed by atoms with Gasteiger partial charge in [-0.15, -0.1) is 11.3 Å². The van der Waals surface area contributed by atoms with Crippen LogP contribution in [0.5, 0.6) is 17.2 Å². The summed E-state index contributed by atoms with van der Waals surface area (Å²) in [4.78, 5) is 31.1. The number of aliphatic hydroxyl groups excluding tert-OH is 1. The largest absolute Gasteiger partial charge is 0.507 e. The number of anilines is 2. The Labute approximate surface area is 212 Å². The van der Waals surface area contributed by atoms with Crippen molar-refractivity contribution in [3.8, 4) is 17.2 Å². The van der Waals surface area contributed by atoms with Crippen LogP contribution >= 0.6 is 11.3 Å². The zero-order valence-corrected chi connectivity index (χ0v) is 21.2. The van der Waals surface area contributed by atoms with E-state index in [1.54, 1.807) is 36.4 Å². The molecule has 2 aliphatic rings. The Balaban J connectivity index is 1.69. The van der Waals surface area contributed by atoms with Gasteiger partial charge in [-0.1, -0.05) is 0 Å². The minimum atomic E-state index is -0.798. The number of thiophene rings is 1. The molecule has 1 saturated heterocycles. The van der Waals surface area contributed by atoms with E-state index in [2.05, 4.69) is 0 Å². The van der Waals surface area contributed by atoms with Crippen molar-refractivity contribution in [2.45, 2.75) is 13.0 Å². The zero-order chi connectivity index (χ0) is 25.6. The lowest BCUT2D eigenvalue weighted by molar-refractivity contribution is -0.132. The van der Waals surface area contributed by atoms with E-state index < -0.39 is 17.7 Å². The van der Waals surface area contributed by atoms with E-state index in [9.17, 15) is 14.7 Å². The monoisotopic (exact) mass is 506 g/mol. The molecule has 2 aliphatic heterocycles. The summed E-state index contributed by atoms with van der Waals surface area (Å²) in [5.74, 6) is -0.0617. The molecule has 1 fully saturated rings. The maximum Gasteiger partial charge on any atom is 0.300 e. The van der Waals surface area contributed by atoms with Gasteiger partial charge in [0.25, 0.3) is 11.7 Å². The van der Waals surface area contributed by atoms with E-state index in [4.69, 9.17) is 14.2 Å². The Morgan fingerprint density at radius 2 is 1.86 bits per heavy atom. The first kappa shape index (κ1) is 23.7. The number of nitrogens with zero attached hydrogens (tertiary/aromatic N) is 2. The zero-order valence-electron chi connectivity index (χ0n) is 20.4. The fourth-order valence-electron chi connectivity index (χ4n) is 4.64. The lowest BCUT2D eigenvalue weighted by Gasteiger charge is -2.28. The van der Waals surface area contributed by atoms with Crippen LogP contribution in [-0.2, 0) is 9.59 Å². The fraction of sp³-hybridized carbons (Fsp3) is 0.259. The molecule has 9 heteroatoms. The molecule has 0 saturated carbocycles. The summed E-state index contributed by atoms with van der Waals surface area (Å²) >= 11 is 1.43. The smallest absolute Gasteiger partial charge is 0.300 e. The summed E-state index contributed by atoms with van der Waals surface area (Å²) in [7, 11) is 4.98. The Morgan fingerprint density at radius 3 is 2.56 bits per heavy atom. The highest BCUT2D eigenvalue weighted by Gasteiger charge is 2.48. The molecule has 2 aromatic carbocycles. The lowest BCUT2D eigenvalue weighted by Crippen LogP contribution is -2.29. The number of benzene rings is 2. The van der Waals surface area contributed by atoms with Crippen LogP contribution < -0.4 is 24.0 Å². The van der Waals surface area contributed by atoms with E-state index in [1.165, 1.54) is 30.5 Å². The van der Waals surface area contributed by atoms with Gasteiger partial charge >= 0.3 is 0 Å². The van der Waals surface area contributed by atoms with E-state index in [1.807, 2.05) is 30.3 Å². The van der Waals surface area contributed by atoms with Crippen molar-refractivity contribution in [1.29, 1.82) is 0 Å². The summed E-state index contributed by atoms with van der Waals surface area (Å²) in [5, 5.41) is 13.4. The van der Waals surface area contributed by atoms with E-state index in [0.29, 0.717) is 41.7 Å². The van der Waals surface area contributed by atoms with Gasteiger partial charge in [0.1, 0.15) is 24.2 Å². The van der Waals surface area contributed by atoms with Crippen molar-refractivity contribution < 1.29 is 28.9 Å². The maximum absolute atomic E-state index is 13.5. The number of Topliss-reactive ketones (excluding diaryl/α,β-unsaturated/α-hetero) is 1. The molecule has 3 aromatic rings. The molecule has 8 nitrogen and oxygen atoms in total. The minimum absolute atomic E-state index is 0.0414. The molecule has 0 bridgehead atoms. The van der Waals surface area contributed by atoms with Crippen molar-refractivity contribution >= 4 is 40.2 Å². The first-order valence-corrected chi connectivity index (χ1v) is 12.3. The molecule has 1 atom stereocenters. The molecule has 3 heterocycles. The van der Waals surface area contributed by atoms with Gasteiger partial charge < -0.3 is 24.2 Å². The molecular formula is C27H26N2O6S. The van der Waals surface area contributed by atoms with Gasteiger partial charge in [-0.05, 0) is 54.3 Å². The molecule has 36 heavy (non-hydrogen) atoms. The van der Waals surface area contributed by atoms with Crippen molar-refractivity contribution in [3.63, 3.8) is 0 Å². The second-order valence-corrected chi connectivity index (χ2v) is 9.58. The highest BCUT2D eigenvalue weighted by atomic mass is 32.1. The number of methoxy groups -OCH3 is 2. The molecule has 0 spiro atoms. The number of ketones is 1. The average Bonchev–Trinajstić information content (AvgIpc) is 3.43. The molecule has 0 radical (unpaired) electrons. The number of rotatable bonds is 5. The van der Waals surface area contributed by atoms with Crippen LogP contribution in [0.2, 0.25) is 0 Å². The number of aryl methyl sites for hydroxylation is 1. The van der Waals surface area contributed by atoms with E-state index in [0.717, 1.165) is 16.1 Å². The highest BCUT2D eigenvalue weighted by molar-refractivity contribution is 7.10. The van der Waals surface area contributed by atoms with E-state index >= 15 is 0 Å². The Morgan fingerprint density at radius 1 is 1.08 bits per heavy atom. The molecule has 186 valence electrons. The van der Waals surface area contributed by atoms with Crippen LogP contribution in [0.25, 0.3) is 5.76 Å². The van der Waals surface area contributed by atoms with Crippen LogP contribution in [0.1, 0.15) is 22.0 Å². The van der Waals surface area contributed by atoms with Gasteiger partial charge in [0.05, 0.1) is 32.0 Å². The third-order valence-corrected chi connectivity index (χ3v) is 7.64. The number of carbonyl (C=O) groups excluding carboxylic acids is 2. The predicted octanol–water partition coefficient (Wildman–Crippen LogP) is 4.53. The van der Waals surface area contributed by atoms with Crippen molar-refractivity contribution in [1.82, 2.24) is 0 Å². The Hall–Kier alpha value is -3.98. The number of likely N-dealkylation sites (N-methyl/N-ethyl adjacent to an activating group) is 1. The fourth-order valence-corrected chi connectivity index (χ4v) is 5.66. The number of fused-ring (bicyclic) bond motifs is 1. The third-order valence-electron chi connectivity index (χ3n) is 6.57. The number of aliphatic hydroxyl groups is 1. The number of carbonyl (C=O) groups is 2. The topological polar surface area (TPSA) is 88.5 Å².